The van der Waals surface area contributed by atoms with Gasteiger partial charge in [-0.05, 0) is 36.4 Å². The average Bonchev–Trinajstić information content (AvgIpc) is 2.90. The molecular formula is C15H14FN3O2S. The summed E-state index contributed by atoms with van der Waals surface area (Å²) in [5, 5.41) is 2.95. The Labute approximate surface area is 127 Å². The zero-order valence-corrected chi connectivity index (χ0v) is 12.4. The maximum absolute atomic E-state index is 12.8. The van der Waals surface area contributed by atoms with E-state index in [-0.39, 0.29) is 17.2 Å². The van der Waals surface area contributed by atoms with Gasteiger partial charge in [-0.3, -0.25) is 0 Å². The molecule has 22 heavy (non-hydrogen) atoms. The molecule has 0 saturated carbocycles. The number of halogens is 1. The van der Waals surface area contributed by atoms with Crippen LogP contribution in [0.15, 0.2) is 53.4 Å². The number of sulfone groups is 1. The molecule has 0 aliphatic rings. The number of nitrogens with one attached hydrogen (secondary N) is 2. The lowest BCUT2D eigenvalue weighted by Gasteiger charge is -2.05. The van der Waals surface area contributed by atoms with E-state index in [2.05, 4.69) is 15.3 Å². The van der Waals surface area contributed by atoms with Crippen LogP contribution in [0.2, 0.25) is 0 Å². The SMILES string of the molecule is O=S(=O)(CCNc1nc2ccccc2[nH]1)c1ccc(F)cc1. The summed E-state index contributed by atoms with van der Waals surface area (Å²) in [6, 6.07) is 12.3. The second-order valence-electron chi connectivity index (χ2n) is 4.80. The number of nitrogens with zero attached hydrogens (tertiary/aromatic N) is 1. The Kier molecular flexibility index (Phi) is 3.81. The Bertz CT molecular complexity index is 856. The minimum Gasteiger partial charge on any atom is -0.355 e. The summed E-state index contributed by atoms with van der Waals surface area (Å²) in [5.74, 6) is -0.0368. The van der Waals surface area contributed by atoms with Crippen LogP contribution >= 0.6 is 0 Å². The summed E-state index contributed by atoms with van der Waals surface area (Å²) >= 11 is 0. The van der Waals surface area contributed by atoms with Crippen LogP contribution in [0.4, 0.5) is 10.3 Å². The van der Waals surface area contributed by atoms with Gasteiger partial charge < -0.3 is 10.3 Å². The molecule has 0 aliphatic heterocycles. The Balaban J connectivity index is 1.65. The van der Waals surface area contributed by atoms with Gasteiger partial charge in [-0.1, -0.05) is 12.1 Å². The molecule has 0 unspecified atom stereocenters. The van der Waals surface area contributed by atoms with Gasteiger partial charge in [-0.15, -0.1) is 0 Å². The van der Waals surface area contributed by atoms with Gasteiger partial charge in [0.1, 0.15) is 5.82 Å². The van der Waals surface area contributed by atoms with Crippen LogP contribution in [-0.4, -0.2) is 30.7 Å². The number of fused-ring (bicyclic) bond motifs is 1. The monoisotopic (exact) mass is 319 g/mol. The van der Waals surface area contributed by atoms with E-state index in [0.29, 0.717) is 5.95 Å². The number of anilines is 1. The molecule has 3 rings (SSSR count). The molecular weight excluding hydrogens is 305 g/mol. The third-order valence-electron chi connectivity index (χ3n) is 3.23. The molecule has 2 N–H and O–H groups in total. The van der Waals surface area contributed by atoms with Gasteiger partial charge in [-0.25, -0.2) is 17.8 Å². The van der Waals surface area contributed by atoms with E-state index in [1.54, 1.807) is 0 Å². The molecule has 0 fully saturated rings. The molecule has 5 nitrogen and oxygen atoms in total. The summed E-state index contributed by atoms with van der Waals surface area (Å²) in [4.78, 5) is 7.48. The van der Waals surface area contributed by atoms with Crippen LogP contribution in [0, 0.1) is 5.82 Å². The number of H-pyrrole nitrogens is 1. The zero-order valence-electron chi connectivity index (χ0n) is 11.6. The third-order valence-corrected chi connectivity index (χ3v) is 4.96. The maximum Gasteiger partial charge on any atom is 0.201 e. The standard InChI is InChI=1S/C15H14FN3O2S/c16-11-5-7-12(8-6-11)22(20,21)10-9-17-15-18-13-3-1-2-4-14(13)19-15/h1-8H,9-10H2,(H2,17,18,19). The number of imidazole rings is 1. The Morgan fingerprint density at radius 3 is 2.55 bits per heavy atom. The van der Waals surface area contributed by atoms with Crippen molar-refractivity contribution >= 4 is 26.8 Å². The van der Waals surface area contributed by atoms with Gasteiger partial charge in [-0.2, -0.15) is 0 Å². The predicted molar refractivity (Wildman–Crippen MR) is 83.0 cm³/mol. The predicted octanol–water partition coefficient (Wildman–Crippen LogP) is 2.59. The van der Waals surface area contributed by atoms with E-state index in [0.717, 1.165) is 23.2 Å². The van der Waals surface area contributed by atoms with Crippen LogP contribution < -0.4 is 5.32 Å². The lowest BCUT2D eigenvalue weighted by molar-refractivity contribution is 0.595. The van der Waals surface area contributed by atoms with Crippen LogP contribution in [-0.2, 0) is 9.84 Å². The first-order valence-electron chi connectivity index (χ1n) is 6.71. The number of hydrogen-bond donors (Lipinski definition) is 2. The third kappa shape index (κ3) is 3.09. The summed E-state index contributed by atoms with van der Waals surface area (Å²) in [5.41, 5.74) is 1.69. The van der Waals surface area contributed by atoms with E-state index in [4.69, 9.17) is 0 Å². The molecule has 0 radical (unpaired) electrons. The lowest BCUT2D eigenvalue weighted by atomic mass is 10.3. The quantitative estimate of drug-likeness (QED) is 0.709. The lowest BCUT2D eigenvalue weighted by Crippen LogP contribution is -2.16. The fraction of sp³-hybridized carbons (Fsp3) is 0.133. The minimum absolute atomic E-state index is 0.102. The molecule has 1 heterocycles. The van der Waals surface area contributed by atoms with Gasteiger partial charge in [0.25, 0.3) is 0 Å². The Morgan fingerprint density at radius 1 is 1.09 bits per heavy atom. The van der Waals surface area contributed by atoms with Crippen molar-refractivity contribution in [3.63, 3.8) is 0 Å². The molecule has 114 valence electrons. The van der Waals surface area contributed by atoms with Crippen molar-refractivity contribution in [2.75, 3.05) is 17.6 Å². The number of rotatable bonds is 5. The van der Waals surface area contributed by atoms with Crippen molar-refractivity contribution in [1.29, 1.82) is 0 Å². The van der Waals surface area contributed by atoms with E-state index < -0.39 is 15.7 Å². The van der Waals surface area contributed by atoms with E-state index in [1.165, 1.54) is 12.1 Å². The van der Waals surface area contributed by atoms with Gasteiger partial charge in [0, 0.05) is 6.54 Å². The van der Waals surface area contributed by atoms with Gasteiger partial charge in [0.05, 0.1) is 21.7 Å². The van der Waals surface area contributed by atoms with E-state index in [1.807, 2.05) is 24.3 Å². The summed E-state index contributed by atoms with van der Waals surface area (Å²) in [6.45, 7) is 0.208. The first kappa shape index (κ1) is 14.5. The second-order valence-corrected chi connectivity index (χ2v) is 6.91. The molecule has 0 bridgehead atoms. The Hall–Kier alpha value is -2.41. The smallest absolute Gasteiger partial charge is 0.201 e. The van der Waals surface area contributed by atoms with Crippen molar-refractivity contribution in [3.8, 4) is 0 Å². The molecule has 0 aliphatic carbocycles. The summed E-state index contributed by atoms with van der Waals surface area (Å²) in [6.07, 6.45) is 0. The molecule has 3 aromatic rings. The molecule has 0 amide bonds. The largest absolute Gasteiger partial charge is 0.355 e. The number of hydrogen-bond acceptors (Lipinski definition) is 4. The molecule has 1 aromatic heterocycles. The van der Waals surface area contributed by atoms with Crippen LogP contribution in [0.25, 0.3) is 11.0 Å². The highest BCUT2D eigenvalue weighted by Gasteiger charge is 2.14. The number of aromatic amines is 1. The fourth-order valence-electron chi connectivity index (χ4n) is 2.10. The maximum atomic E-state index is 12.8. The average molecular weight is 319 g/mol. The molecule has 0 saturated heterocycles. The van der Waals surface area contributed by atoms with Crippen LogP contribution in [0.3, 0.4) is 0 Å². The minimum atomic E-state index is -3.45. The van der Waals surface area contributed by atoms with Crippen LogP contribution in [0.1, 0.15) is 0 Å². The first-order valence-corrected chi connectivity index (χ1v) is 8.37. The van der Waals surface area contributed by atoms with Crippen molar-refractivity contribution in [2.24, 2.45) is 0 Å². The summed E-state index contributed by atoms with van der Waals surface area (Å²) in [7, 11) is -3.45. The van der Waals surface area contributed by atoms with Gasteiger partial charge in [0.2, 0.25) is 5.95 Å². The van der Waals surface area contributed by atoms with Crippen molar-refractivity contribution in [1.82, 2.24) is 9.97 Å². The normalized spacial score (nSPS) is 11.7. The first-order chi connectivity index (χ1) is 10.5. The number of para-hydroxylation sites is 2. The highest BCUT2D eigenvalue weighted by Crippen LogP contribution is 2.14. The van der Waals surface area contributed by atoms with Crippen molar-refractivity contribution < 1.29 is 12.8 Å². The Morgan fingerprint density at radius 2 is 1.82 bits per heavy atom. The molecule has 2 aromatic carbocycles. The topological polar surface area (TPSA) is 74.8 Å². The highest BCUT2D eigenvalue weighted by molar-refractivity contribution is 7.91. The summed E-state index contributed by atoms with van der Waals surface area (Å²) < 4.78 is 37.1. The molecule has 0 atom stereocenters. The highest BCUT2D eigenvalue weighted by atomic mass is 32.2. The zero-order chi connectivity index (χ0) is 15.6. The van der Waals surface area contributed by atoms with E-state index >= 15 is 0 Å². The second kappa shape index (κ2) is 5.76. The molecule has 0 spiro atoms. The van der Waals surface area contributed by atoms with E-state index in [9.17, 15) is 12.8 Å². The molecule has 7 heteroatoms. The van der Waals surface area contributed by atoms with Gasteiger partial charge >= 0.3 is 0 Å². The number of benzene rings is 2. The van der Waals surface area contributed by atoms with Gasteiger partial charge in [0.15, 0.2) is 9.84 Å². The number of aromatic nitrogens is 2. The van der Waals surface area contributed by atoms with Crippen molar-refractivity contribution in [3.05, 3.63) is 54.3 Å². The van der Waals surface area contributed by atoms with Crippen LogP contribution in [0.5, 0.6) is 0 Å². The fourth-order valence-corrected chi connectivity index (χ4v) is 3.26. The van der Waals surface area contributed by atoms with Crippen molar-refractivity contribution in [2.45, 2.75) is 4.90 Å².